The Morgan fingerprint density at radius 2 is 2.35 bits per heavy atom. The Labute approximate surface area is 101 Å². The number of nitrogens with zero attached hydrogens (tertiary/aromatic N) is 1. The number of carbonyl (C=O) groups is 1. The van der Waals surface area contributed by atoms with Crippen LogP contribution in [0.3, 0.4) is 0 Å². The Kier molecular flexibility index (Phi) is 3.22. The van der Waals surface area contributed by atoms with Gasteiger partial charge in [-0.15, -0.1) is 0 Å². The molecule has 1 aliphatic rings. The lowest BCUT2D eigenvalue weighted by Crippen LogP contribution is -2.19. The van der Waals surface area contributed by atoms with E-state index in [-0.39, 0.29) is 5.56 Å². The van der Waals surface area contributed by atoms with Crippen LogP contribution in [0.5, 0.6) is 0 Å². The fraction of sp³-hybridized carbons (Fsp3) is 0.462. The summed E-state index contributed by atoms with van der Waals surface area (Å²) in [7, 11) is 0. The number of nitrogens with two attached hydrogens (primary N) is 1. The Hall–Kier alpha value is -1.71. The van der Waals surface area contributed by atoms with Gasteiger partial charge in [0.1, 0.15) is 0 Å². The first-order valence-corrected chi connectivity index (χ1v) is 5.99. The number of hydrogen-bond donors (Lipinski definition) is 2. The van der Waals surface area contributed by atoms with Gasteiger partial charge >= 0.3 is 5.97 Å². The summed E-state index contributed by atoms with van der Waals surface area (Å²) in [6, 6.07) is 5.20. The van der Waals surface area contributed by atoms with E-state index < -0.39 is 5.97 Å². The highest BCUT2D eigenvalue weighted by atomic mass is 16.4. The number of rotatable bonds is 3. The van der Waals surface area contributed by atoms with E-state index in [2.05, 4.69) is 11.8 Å². The van der Waals surface area contributed by atoms with E-state index in [0.29, 0.717) is 5.69 Å². The highest BCUT2D eigenvalue weighted by Gasteiger charge is 2.21. The van der Waals surface area contributed by atoms with E-state index in [1.165, 1.54) is 12.8 Å². The first kappa shape index (κ1) is 11.8. The summed E-state index contributed by atoms with van der Waals surface area (Å²) < 4.78 is 0. The van der Waals surface area contributed by atoms with Crippen LogP contribution in [0.15, 0.2) is 18.2 Å². The zero-order valence-corrected chi connectivity index (χ0v) is 10.0. The fourth-order valence-corrected chi connectivity index (χ4v) is 2.34. The molecule has 0 bridgehead atoms. The van der Waals surface area contributed by atoms with Gasteiger partial charge in [0, 0.05) is 24.5 Å². The second kappa shape index (κ2) is 4.65. The molecule has 0 aliphatic carbocycles. The molecule has 1 heterocycles. The molecule has 4 heteroatoms. The summed E-state index contributed by atoms with van der Waals surface area (Å²) in [6.07, 6.45) is 2.40. The van der Waals surface area contributed by atoms with Crippen LogP contribution in [0.1, 0.15) is 30.1 Å². The van der Waals surface area contributed by atoms with Crippen molar-refractivity contribution in [2.75, 3.05) is 23.7 Å². The van der Waals surface area contributed by atoms with Gasteiger partial charge in [-0.1, -0.05) is 13.3 Å². The number of aromatic carboxylic acids is 1. The summed E-state index contributed by atoms with van der Waals surface area (Å²) >= 11 is 0. The summed E-state index contributed by atoms with van der Waals surface area (Å²) in [4.78, 5) is 13.1. The van der Waals surface area contributed by atoms with Crippen LogP contribution in [-0.2, 0) is 0 Å². The minimum Gasteiger partial charge on any atom is -0.478 e. The van der Waals surface area contributed by atoms with Crippen molar-refractivity contribution in [2.24, 2.45) is 5.92 Å². The molecule has 0 radical (unpaired) electrons. The average molecular weight is 234 g/mol. The molecule has 1 aromatic rings. The normalized spacial score (nSPS) is 19.6. The van der Waals surface area contributed by atoms with Gasteiger partial charge < -0.3 is 15.7 Å². The quantitative estimate of drug-likeness (QED) is 0.787. The van der Waals surface area contributed by atoms with Crippen LogP contribution in [0, 0.1) is 5.92 Å². The van der Waals surface area contributed by atoms with Crippen molar-refractivity contribution >= 4 is 17.3 Å². The second-order valence-corrected chi connectivity index (χ2v) is 4.59. The summed E-state index contributed by atoms with van der Waals surface area (Å²) in [5, 5.41) is 8.91. The molecule has 0 aromatic heterocycles. The molecule has 1 aromatic carbocycles. The third-order valence-corrected chi connectivity index (χ3v) is 3.49. The topological polar surface area (TPSA) is 66.6 Å². The highest BCUT2D eigenvalue weighted by Crippen LogP contribution is 2.28. The molecule has 2 rings (SSSR count). The maximum atomic E-state index is 10.9. The summed E-state index contributed by atoms with van der Waals surface area (Å²) in [5.41, 5.74) is 7.30. The van der Waals surface area contributed by atoms with Crippen molar-refractivity contribution in [2.45, 2.75) is 19.8 Å². The molecular weight excluding hydrogens is 216 g/mol. The van der Waals surface area contributed by atoms with Crippen molar-refractivity contribution in [3.8, 4) is 0 Å². The average Bonchev–Trinajstić information content (AvgIpc) is 2.76. The molecule has 1 unspecified atom stereocenters. The zero-order valence-electron chi connectivity index (χ0n) is 10.0. The van der Waals surface area contributed by atoms with E-state index in [4.69, 9.17) is 10.8 Å². The van der Waals surface area contributed by atoms with Crippen molar-refractivity contribution in [1.82, 2.24) is 0 Å². The molecule has 1 atom stereocenters. The van der Waals surface area contributed by atoms with Gasteiger partial charge in [0.05, 0.1) is 5.56 Å². The molecule has 4 nitrogen and oxygen atoms in total. The number of carboxylic acids is 1. The first-order chi connectivity index (χ1) is 8.11. The van der Waals surface area contributed by atoms with E-state index in [9.17, 15) is 4.79 Å². The standard InChI is InChI=1S/C13H18N2O2/c1-2-9-5-6-15(8-9)10-3-4-11(13(16)17)12(14)7-10/h3-4,7,9H,2,5-6,8,14H2,1H3,(H,16,17). The van der Waals surface area contributed by atoms with Crippen LogP contribution in [-0.4, -0.2) is 24.2 Å². The third kappa shape index (κ3) is 2.35. The molecule has 92 valence electrons. The maximum Gasteiger partial charge on any atom is 0.337 e. The Balaban J connectivity index is 2.18. The lowest BCUT2D eigenvalue weighted by molar-refractivity contribution is 0.0698. The Morgan fingerprint density at radius 3 is 2.88 bits per heavy atom. The molecule has 0 spiro atoms. The largest absolute Gasteiger partial charge is 0.478 e. The molecule has 1 saturated heterocycles. The van der Waals surface area contributed by atoms with Gasteiger partial charge in [-0.3, -0.25) is 0 Å². The minimum absolute atomic E-state index is 0.181. The van der Waals surface area contributed by atoms with Crippen LogP contribution < -0.4 is 10.6 Å². The predicted molar refractivity (Wildman–Crippen MR) is 68.4 cm³/mol. The van der Waals surface area contributed by atoms with E-state index >= 15 is 0 Å². The second-order valence-electron chi connectivity index (χ2n) is 4.59. The Bertz CT molecular complexity index is 431. The van der Waals surface area contributed by atoms with Gasteiger partial charge in [0.2, 0.25) is 0 Å². The van der Waals surface area contributed by atoms with Crippen LogP contribution in [0.4, 0.5) is 11.4 Å². The van der Waals surface area contributed by atoms with Crippen LogP contribution in [0.2, 0.25) is 0 Å². The van der Waals surface area contributed by atoms with Gasteiger partial charge in [0.15, 0.2) is 0 Å². The number of carboxylic acid groups (broad SMARTS) is 1. The monoisotopic (exact) mass is 234 g/mol. The van der Waals surface area contributed by atoms with Crippen molar-refractivity contribution in [1.29, 1.82) is 0 Å². The molecule has 0 amide bonds. The lowest BCUT2D eigenvalue weighted by Gasteiger charge is -2.19. The highest BCUT2D eigenvalue weighted by molar-refractivity contribution is 5.94. The number of anilines is 2. The molecule has 3 N–H and O–H groups in total. The minimum atomic E-state index is -0.970. The van der Waals surface area contributed by atoms with Gasteiger partial charge in [0.25, 0.3) is 0 Å². The maximum absolute atomic E-state index is 10.9. The van der Waals surface area contributed by atoms with Crippen LogP contribution >= 0.6 is 0 Å². The third-order valence-electron chi connectivity index (χ3n) is 3.49. The fourth-order valence-electron chi connectivity index (χ4n) is 2.34. The van der Waals surface area contributed by atoms with Crippen molar-refractivity contribution in [3.05, 3.63) is 23.8 Å². The van der Waals surface area contributed by atoms with E-state index in [1.54, 1.807) is 12.1 Å². The van der Waals surface area contributed by atoms with Crippen molar-refractivity contribution in [3.63, 3.8) is 0 Å². The van der Waals surface area contributed by atoms with E-state index in [0.717, 1.165) is 24.7 Å². The number of benzene rings is 1. The lowest BCUT2D eigenvalue weighted by atomic mass is 10.1. The Morgan fingerprint density at radius 1 is 1.59 bits per heavy atom. The summed E-state index contributed by atoms with van der Waals surface area (Å²) in [6.45, 7) is 4.28. The first-order valence-electron chi connectivity index (χ1n) is 5.99. The zero-order chi connectivity index (χ0) is 12.4. The number of hydrogen-bond acceptors (Lipinski definition) is 3. The molecule has 0 saturated carbocycles. The molecular formula is C13H18N2O2. The smallest absolute Gasteiger partial charge is 0.337 e. The van der Waals surface area contributed by atoms with Crippen LogP contribution in [0.25, 0.3) is 0 Å². The van der Waals surface area contributed by atoms with Crippen molar-refractivity contribution < 1.29 is 9.90 Å². The van der Waals surface area contributed by atoms with Gasteiger partial charge in [-0.25, -0.2) is 4.79 Å². The van der Waals surface area contributed by atoms with E-state index in [1.807, 2.05) is 6.07 Å². The van der Waals surface area contributed by atoms with Gasteiger partial charge in [-0.05, 0) is 30.5 Å². The predicted octanol–water partition coefficient (Wildman–Crippen LogP) is 2.20. The number of nitrogen functional groups attached to an aromatic ring is 1. The molecule has 1 aliphatic heterocycles. The van der Waals surface area contributed by atoms with Gasteiger partial charge in [-0.2, -0.15) is 0 Å². The molecule has 17 heavy (non-hydrogen) atoms. The SMILES string of the molecule is CCC1CCN(c2ccc(C(=O)O)c(N)c2)C1. The molecule has 1 fully saturated rings. The summed E-state index contributed by atoms with van der Waals surface area (Å²) in [5.74, 6) is -0.225.